The highest BCUT2D eigenvalue weighted by Crippen LogP contribution is 2.27. The summed E-state index contributed by atoms with van der Waals surface area (Å²) in [6, 6.07) is 38.6. The standard InChI is InChI=1S/3C12H9Br.C6H7BO2.3C6H4BrI/c13-12-9-5-4-8-11(12)10-6-2-1-3-7-10;13-12-8-4-7-11(9-12)10-5-2-1-3-6-10;13-12-8-6-11(7-9-12)10-4-2-1-3-5-10;8-7(9)6-4-2-1-3-5-6;7-5-1-3-6(8)4-2-5;7-5-2-1-3-6(8)4-5;7-5-3-1-2-4-6(5)8/h3*1-9H;1-5,8-9H;3*1-4H/i1D,2D,3D,6D,7D;1D,2D,3D,5D,6D;2*1D,2D,3D,4D,5D;;;. The molecule has 0 radical (unpaired) electrons. The SMILES string of the molecule is Brc1ccc(I)cc1.Brc1cccc(I)c1.Brc1ccccc1I.[2H]c1c([2H])c([2H])c(-c2ccc(Br)cc2)c([2H])c1[2H].[2H]c1c([2H])c([2H])c(-c2cccc(Br)c2)c([2H])c1[2H].[2H]c1c([2H])c([2H])c(-c2ccccc2Br)c([2H])c1[2H].[2H]c1c([2H])c([2H])c(B(O)O)c([2H])c1[2H]. The van der Waals surface area contributed by atoms with Crippen molar-refractivity contribution in [2.45, 2.75) is 0 Å². The fourth-order valence-corrected chi connectivity index (χ4v) is 8.63. The van der Waals surface area contributed by atoms with Gasteiger partial charge in [0, 0.05) is 37.5 Å². The van der Waals surface area contributed by atoms with Gasteiger partial charge in [-0.2, -0.15) is 0 Å². The second-order valence-corrected chi connectivity index (χ2v) is 22.2. The van der Waals surface area contributed by atoms with Gasteiger partial charge in [-0.3, -0.25) is 0 Å². The molecule has 12 heteroatoms. The topological polar surface area (TPSA) is 40.5 Å². The van der Waals surface area contributed by atoms with Crippen molar-refractivity contribution in [1.82, 2.24) is 0 Å². The third-order valence-electron chi connectivity index (χ3n) is 8.08. The molecule has 0 aliphatic heterocycles. The van der Waals surface area contributed by atoms with E-state index in [2.05, 4.69) is 194 Å². The molecule has 0 unspecified atom stereocenters. The molecule has 0 fully saturated rings. The highest BCUT2D eigenvalue weighted by Gasteiger charge is 2.07. The van der Waals surface area contributed by atoms with Crippen LogP contribution in [-0.4, -0.2) is 17.2 Å². The van der Waals surface area contributed by atoms with E-state index in [0.717, 1.165) is 17.9 Å². The van der Waals surface area contributed by atoms with E-state index >= 15 is 0 Å². The Morgan fingerprint density at radius 3 is 1.18 bits per heavy atom. The molecule has 0 spiro atoms. The normalized spacial score (nSPS) is 13.5. The van der Waals surface area contributed by atoms with Crippen molar-refractivity contribution < 1.29 is 37.5 Å². The second kappa shape index (κ2) is 36.3. The van der Waals surface area contributed by atoms with Crippen LogP contribution in [0.25, 0.3) is 33.4 Å². The molecule has 72 heavy (non-hydrogen) atoms. The summed E-state index contributed by atoms with van der Waals surface area (Å²) in [7, 11) is -2.07. The van der Waals surface area contributed by atoms with E-state index in [4.69, 9.17) is 37.5 Å². The number of benzene rings is 10. The first kappa shape index (κ1) is 37.9. The molecule has 0 saturated heterocycles. The van der Waals surface area contributed by atoms with Gasteiger partial charge in [0.15, 0.2) is 0 Å². The van der Waals surface area contributed by atoms with Gasteiger partial charge in [0.1, 0.15) is 0 Å². The Morgan fingerprint density at radius 2 is 0.764 bits per heavy atom. The van der Waals surface area contributed by atoms with Crippen LogP contribution in [0.4, 0.5) is 0 Å². The molecule has 364 valence electrons. The predicted octanol–water partition coefficient (Wildman–Crippen LogP) is 20.9. The predicted molar refractivity (Wildman–Crippen MR) is 356 cm³/mol. The molecule has 2 N–H and O–H groups in total. The fraction of sp³-hybridized carbons (Fsp3) is 0. The van der Waals surface area contributed by atoms with Crippen molar-refractivity contribution >= 4 is 176 Å². The smallest absolute Gasteiger partial charge is 0.423 e. The largest absolute Gasteiger partial charge is 0.488 e. The minimum atomic E-state index is -2.07. The van der Waals surface area contributed by atoms with E-state index in [1.54, 1.807) is 60.7 Å². The van der Waals surface area contributed by atoms with E-state index in [1.165, 1.54) is 15.2 Å². The van der Waals surface area contributed by atoms with Gasteiger partial charge in [-0.25, -0.2) is 0 Å². The van der Waals surface area contributed by atoms with Gasteiger partial charge in [-0.05, 0) is 207 Å². The molecule has 0 atom stereocenters. The van der Waals surface area contributed by atoms with Crippen LogP contribution in [0.3, 0.4) is 0 Å². The summed E-state index contributed by atoms with van der Waals surface area (Å²) in [5.41, 5.74) is 1.96. The van der Waals surface area contributed by atoms with E-state index in [-0.39, 0.29) is 107 Å². The Kier molecular flexibility index (Phi) is 19.1. The van der Waals surface area contributed by atoms with Crippen molar-refractivity contribution in [2.24, 2.45) is 0 Å². The van der Waals surface area contributed by atoms with Gasteiger partial charge >= 0.3 is 7.12 Å². The van der Waals surface area contributed by atoms with E-state index < -0.39 is 42.8 Å². The number of halogens is 9. The van der Waals surface area contributed by atoms with Crippen LogP contribution in [0, 0.1) is 10.7 Å². The van der Waals surface area contributed by atoms with Gasteiger partial charge < -0.3 is 10.0 Å². The molecule has 0 amide bonds. The summed E-state index contributed by atoms with van der Waals surface area (Å²) >= 11 is 26.9. The number of hydrogen-bond donors (Lipinski definition) is 2. The molecule has 10 aromatic carbocycles. The maximum absolute atomic E-state index is 8.81. The number of rotatable bonds is 4. The molecule has 0 saturated carbocycles. The molecule has 2 nitrogen and oxygen atoms in total. The zero-order valence-electron chi connectivity index (χ0n) is 56.7. The molecule has 0 aromatic heterocycles. The first-order chi connectivity index (χ1) is 43.1. The van der Waals surface area contributed by atoms with Crippen molar-refractivity contribution in [3.8, 4) is 33.4 Å². The van der Waals surface area contributed by atoms with Crippen molar-refractivity contribution in [3.05, 3.63) is 304 Å². The van der Waals surface area contributed by atoms with Crippen LogP contribution in [0.15, 0.2) is 293 Å². The Hall–Kier alpha value is -2.75. The molecule has 0 aliphatic carbocycles. The summed E-state index contributed by atoms with van der Waals surface area (Å²) in [6.45, 7) is 0. The van der Waals surface area contributed by atoms with E-state index in [0.29, 0.717) is 21.2 Å². The molecule has 0 aliphatic rings. The zero-order chi connectivity index (χ0) is 69.3. The molecular formula is C60H46BBr6I3O2. The van der Waals surface area contributed by atoms with E-state index in [9.17, 15) is 0 Å². The van der Waals surface area contributed by atoms with Gasteiger partial charge in [0.2, 0.25) is 0 Å². The monoisotopic (exact) mass is 1680 g/mol. The summed E-state index contributed by atoms with van der Waals surface area (Å²) < 4.78 is 161. The van der Waals surface area contributed by atoms with Crippen LogP contribution in [0.2, 0.25) is 0 Å². The maximum Gasteiger partial charge on any atom is 0.488 e. The summed E-state index contributed by atoms with van der Waals surface area (Å²) in [5, 5.41) is 17.6. The lowest BCUT2D eigenvalue weighted by Gasteiger charge is -2.02. The molecular weight excluding hydrogens is 1620 g/mol. The lowest BCUT2D eigenvalue weighted by atomic mass is 9.81. The lowest BCUT2D eigenvalue weighted by molar-refractivity contribution is 0.426. The second-order valence-electron chi connectivity index (χ2n) is 13.2. The first-order valence-corrected chi connectivity index (χ1v) is 28.2. The van der Waals surface area contributed by atoms with Gasteiger partial charge in [0.25, 0.3) is 0 Å². The average Bonchev–Trinajstić information content (AvgIpc) is 0.812. The highest BCUT2D eigenvalue weighted by atomic mass is 127. The summed E-state index contributed by atoms with van der Waals surface area (Å²) in [4.78, 5) is 0. The molecule has 10 aromatic rings. The average molecular weight is 1690 g/mol. The number of hydrogen-bond acceptors (Lipinski definition) is 2. The van der Waals surface area contributed by atoms with Crippen LogP contribution < -0.4 is 5.46 Å². The van der Waals surface area contributed by atoms with Gasteiger partial charge in [-0.15, -0.1) is 0 Å². The summed E-state index contributed by atoms with van der Waals surface area (Å²) in [5.74, 6) is 0. The molecule has 10 rings (SSSR count). The Morgan fingerprint density at radius 1 is 0.333 bits per heavy atom. The van der Waals surface area contributed by atoms with Crippen molar-refractivity contribution in [1.29, 1.82) is 0 Å². The van der Waals surface area contributed by atoms with Gasteiger partial charge in [0.05, 0.1) is 27.4 Å². The molecule has 0 heterocycles. The van der Waals surface area contributed by atoms with Crippen LogP contribution in [-0.2, 0) is 0 Å². The fourth-order valence-electron chi connectivity index (χ4n) is 4.82. The van der Waals surface area contributed by atoms with Gasteiger partial charge in [-0.1, -0.05) is 261 Å². The van der Waals surface area contributed by atoms with Crippen LogP contribution >= 0.6 is 163 Å². The third kappa shape index (κ3) is 25.7. The Balaban J connectivity index is 0.000000235. The minimum absolute atomic E-state index is 0.177. The van der Waals surface area contributed by atoms with Crippen molar-refractivity contribution in [2.75, 3.05) is 0 Å². The third-order valence-corrected chi connectivity index (χ3v) is 14.6. The van der Waals surface area contributed by atoms with Crippen LogP contribution in [0.5, 0.6) is 0 Å². The Labute approximate surface area is 545 Å². The Bertz CT molecular complexity index is 4070. The zero-order valence-corrected chi connectivity index (χ0v) is 52.7. The lowest BCUT2D eigenvalue weighted by Crippen LogP contribution is -2.29. The van der Waals surface area contributed by atoms with Crippen molar-refractivity contribution in [3.63, 3.8) is 0 Å². The maximum atomic E-state index is 8.81. The minimum Gasteiger partial charge on any atom is -0.423 e. The quantitative estimate of drug-likeness (QED) is 0.136. The first-order valence-electron chi connectivity index (χ1n) is 30.2. The van der Waals surface area contributed by atoms with E-state index in [1.807, 2.05) is 54.6 Å². The molecule has 0 bridgehead atoms. The summed E-state index contributed by atoms with van der Waals surface area (Å²) in [6.07, 6.45) is 0. The highest BCUT2D eigenvalue weighted by molar-refractivity contribution is 14.1. The van der Waals surface area contributed by atoms with Crippen LogP contribution in [0.1, 0.15) is 27.4 Å².